The van der Waals surface area contributed by atoms with Gasteiger partial charge in [0.05, 0.1) is 19.9 Å². The molecule has 2 aromatic carbocycles. The van der Waals surface area contributed by atoms with Crippen LogP contribution < -0.4 is 15.0 Å². The van der Waals surface area contributed by atoms with Gasteiger partial charge in [0.1, 0.15) is 5.75 Å². The number of nitrogens with zero attached hydrogens (tertiary/aromatic N) is 4. The van der Waals surface area contributed by atoms with Crippen LogP contribution in [-0.2, 0) is 6.54 Å². The fourth-order valence-corrected chi connectivity index (χ4v) is 3.58. The first kappa shape index (κ1) is 19.0. The summed E-state index contributed by atoms with van der Waals surface area (Å²) in [5.74, 6) is 0.648. The van der Waals surface area contributed by atoms with Crippen LogP contribution in [0.3, 0.4) is 0 Å². The summed E-state index contributed by atoms with van der Waals surface area (Å²) < 4.78 is 6.84. The summed E-state index contributed by atoms with van der Waals surface area (Å²) in [6, 6.07) is 18.3. The number of benzene rings is 2. The van der Waals surface area contributed by atoms with Crippen LogP contribution in [0.1, 0.15) is 28.9 Å². The van der Waals surface area contributed by atoms with E-state index in [0.717, 1.165) is 37.2 Å². The van der Waals surface area contributed by atoms with E-state index in [1.165, 1.54) is 5.69 Å². The first-order valence-electron chi connectivity index (χ1n) is 9.85. The zero-order valence-electron chi connectivity index (χ0n) is 16.5. The van der Waals surface area contributed by atoms with Crippen LogP contribution in [-0.4, -0.2) is 47.1 Å². The van der Waals surface area contributed by atoms with E-state index in [9.17, 15) is 4.79 Å². The molecular formula is C22H25N5O2. The Balaban J connectivity index is 1.29. The molecule has 1 aromatic heterocycles. The molecule has 0 atom stereocenters. The predicted molar refractivity (Wildman–Crippen MR) is 111 cm³/mol. The molecule has 7 heteroatoms. The van der Waals surface area contributed by atoms with Crippen LogP contribution >= 0.6 is 0 Å². The summed E-state index contributed by atoms with van der Waals surface area (Å²) in [5.41, 5.74) is 2.65. The Morgan fingerprint density at radius 1 is 1.10 bits per heavy atom. The third kappa shape index (κ3) is 4.74. The average Bonchev–Trinajstić information content (AvgIpc) is 3.24. The van der Waals surface area contributed by atoms with Crippen molar-refractivity contribution in [3.8, 4) is 5.75 Å². The first-order chi connectivity index (χ1) is 14.2. The van der Waals surface area contributed by atoms with E-state index < -0.39 is 0 Å². The highest BCUT2D eigenvalue weighted by molar-refractivity contribution is 5.92. The molecule has 1 N–H and O–H groups in total. The molecule has 4 rings (SSSR count). The fraction of sp³-hybridized carbons (Fsp3) is 0.318. The number of rotatable bonds is 6. The van der Waals surface area contributed by atoms with Gasteiger partial charge in [0.15, 0.2) is 5.69 Å². The smallest absolute Gasteiger partial charge is 0.273 e. The summed E-state index contributed by atoms with van der Waals surface area (Å²) in [6.07, 6.45) is 3.53. The van der Waals surface area contributed by atoms with Crippen molar-refractivity contribution < 1.29 is 9.53 Å². The number of piperidine rings is 1. The molecule has 29 heavy (non-hydrogen) atoms. The van der Waals surface area contributed by atoms with Gasteiger partial charge in [0.2, 0.25) is 0 Å². The van der Waals surface area contributed by atoms with Gasteiger partial charge < -0.3 is 15.0 Å². The van der Waals surface area contributed by atoms with Gasteiger partial charge in [-0.05, 0) is 42.7 Å². The highest BCUT2D eigenvalue weighted by Crippen LogP contribution is 2.19. The van der Waals surface area contributed by atoms with Crippen molar-refractivity contribution in [2.75, 3.05) is 25.1 Å². The number of carbonyl (C=O) groups excluding carboxylic acids is 1. The summed E-state index contributed by atoms with van der Waals surface area (Å²) in [6.45, 7) is 2.41. The van der Waals surface area contributed by atoms with E-state index in [0.29, 0.717) is 12.2 Å². The molecule has 1 fully saturated rings. The number of hydrogen-bond acceptors (Lipinski definition) is 5. The zero-order chi connectivity index (χ0) is 20.1. The average molecular weight is 391 g/mol. The van der Waals surface area contributed by atoms with Crippen molar-refractivity contribution in [2.45, 2.75) is 25.4 Å². The van der Waals surface area contributed by atoms with Crippen molar-refractivity contribution in [2.24, 2.45) is 0 Å². The van der Waals surface area contributed by atoms with Gasteiger partial charge >= 0.3 is 0 Å². The van der Waals surface area contributed by atoms with Gasteiger partial charge in [-0.2, -0.15) is 0 Å². The maximum absolute atomic E-state index is 12.6. The minimum Gasteiger partial charge on any atom is -0.497 e. The number of amides is 1. The molecular weight excluding hydrogens is 366 g/mol. The summed E-state index contributed by atoms with van der Waals surface area (Å²) in [7, 11) is 1.64. The van der Waals surface area contributed by atoms with E-state index in [2.05, 4.69) is 44.8 Å². The highest BCUT2D eigenvalue weighted by atomic mass is 16.5. The number of para-hydroxylation sites is 1. The minimum absolute atomic E-state index is 0.161. The number of aromatic nitrogens is 3. The standard InChI is InChI=1S/C22H25N5O2/c1-29-20-9-7-17(8-10-20)15-27-16-21(24-25-27)22(28)23-18-11-13-26(14-12-18)19-5-3-2-4-6-19/h2-10,16,18H,11-15H2,1H3,(H,23,28). The largest absolute Gasteiger partial charge is 0.497 e. The molecule has 0 bridgehead atoms. The second-order valence-corrected chi connectivity index (χ2v) is 7.22. The Morgan fingerprint density at radius 3 is 2.52 bits per heavy atom. The Bertz CT molecular complexity index is 931. The summed E-state index contributed by atoms with van der Waals surface area (Å²) in [5, 5.41) is 11.2. The molecule has 0 radical (unpaired) electrons. The molecule has 0 aliphatic carbocycles. The van der Waals surface area contributed by atoms with Crippen molar-refractivity contribution in [3.63, 3.8) is 0 Å². The van der Waals surface area contributed by atoms with E-state index in [4.69, 9.17) is 4.74 Å². The van der Waals surface area contributed by atoms with E-state index in [1.807, 2.05) is 30.3 Å². The molecule has 0 unspecified atom stereocenters. The number of anilines is 1. The van der Waals surface area contributed by atoms with Crippen LogP contribution in [0, 0.1) is 0 Å². The van der Waals surface area contributed by atoms with E-state index in [1.54, 1.807) is 18.0 Å². The Labute approximate surface area is 170 Å². The lowest BCUT2D eigenvalue weighted by Gasteiger charge is -2.33. The summed E-state index contributed by atoms with van der Waals surface area (Å²) in [4.78, 5) is 14.9. The first-order valence-corrected chi connectivity index (χ1v) is 9.85. The van der Waals surface area contributed by atoms with Gasteiger partial charge in [-0.1, -0.05) is 35.5 Å². The second-order valence-electron chi connectivity index (χ2n) is 7.22. The third-order valence-corrected chi connectivity index (χ3v) is 5.23. The fourth-order valence-electron chi connectivity index (χ4n) is 3.58. The molecule has 1 aliphatic rings. The van der Waals surface area contributed by atoms with Crippen LogP contribution in [0.25, 0.3) is 0 Å². The molecule has 7 nitrogen and oxygen atoms in total. The van der Waals surface area contributed by atoms with Crippen molar-refractivity contribution in [1.29, 1.82) is 0 Å². The van der Waals surface area contributed by atoms with Gasteiger partial charge in [-0.3, -0.25) is 4.79 Å². The number of nitrogens with one attached hydrogen (secondary N) is 1. The lowest BCUT2D eigenvalue weighted by molar-refractivity contribution is 0.0926. The molecule has 150 valence electrons. The second kappa shape index (κ2) is 8.77. The van der Waals surface area contributed by atoms with Crippen LogP contribution in [0.15, 0.2) is 60.8 Å². The van der Waals surface area contributed by atoms with Crippen LogP contribution in [0.4, 0.5) is 5.69 Å². The van der Waals surface area contributed by atoms with Gasteiger partial charge in [-0.25, -0.2) is 4.68 Å². The van der Waals surface area contributed by atoms with Crippen molar-refractivity contribution in [1.82, 2.24) is 20.3 Å². The normalized spacial score (nSPS) is 14.6. The maximum atomic E-state index is 12.6. The SMILES string of the molecule is COc1ccc(Cn2cc(C(=O)NC3CCN(c4ccccc4)CC3)nn2)cc1. The summed E-state index contributed by atoms with van der Waals surface area (Å²) >= 11 is 0. The quantitative estimate of drug-likeness (QED) is 0.700. The Kier molecular flexibility index (Phi) is 5.74. The van der Waals surface area contributed by atoms with Gasteiger partial charge in [-0.15, -0.1) is 5.10 Å². The third-order valence-electron chi connectivity index (χ3n) is 5.23. The molecule has 1 amide bonds. The number of methoxy groups -OCH3 is 1. The molecule has 1 saturated heterocycles. The number of carbonyl (C=O) groups is 1. The highest BCUT2D eigenvalue weighted by Gasteiger charge is 2.22. The van der Waals surface area contributed by atoms with Crippen molar-refractivity contribution >= 4 is 11.6 Å². The van der Waals surface area contributed by atoms with E-state index in [-0.39, 0.29) is 11.9 Å². The van der Waals surface area contributed by atoms with Gasteiger partial charge in [0.25, 0.3) is 5.91 Å². The van der Waals surface area contributed by atoms with Crippen molar-refractivity contribution in [3.05, 3.63) is 72.1 Å². The van der Waals surface area contributed by atoms with Crippen LogP contribution in [0.5, 0.6) is 5.75 Å². The predicted octanol–water partition coefficient (Wildman–Crippen LogP) is 2.73. The lowest BCUT2D eigenvalue weighted by atomic mass is 10.0. The topological polar surface area (TPSA) is 72.3 Å². The number of ether oxygens (including phenoxy) is 1. The lowest BCUT2D eigenvalue weighted by Crippen LogP contribution is -2.44. The Hall–Kier alpha value is -3.35. The molecule has 2 heterocycles. The monoisotopic (exact) mass is 391 g/mol. The molecule has 3 aromatic rings. The molecule has 0 saturated carbocycles. The van der Waals surface area contributed by atoms with Crippen LogP contribution in [0.2, 0.25) is 0 Å². The number of hydrogen-bond donors (Lipinski definition) is 1. The zero-order valence-corrected chi connectivity index (χ0v) is 16.5. The Morgan fingerprint density at radius 2 is 1.83 bits per heavy atom. The maximum Gasteiger partial charge on any atom is 0.273 e. The molecule has 1 aliphatic heterocycles. The molecule has 0 spiro atoms. The van der Waals surface area contributed by atoms with E-state index >= 15 is 0 Å². The van der Waals surface area contributed by atoms with Gasteiger partial charge in [0, 0.05) is 24.8 Å². The minimum atomic E-state index is -0.163.